The van der Waals surface area contributed by atoms with Crippen LogP contribution in [0.4, 0.5) is 8.78 Å². The zero-order valence-electron chi connectivity index (χ0n) is 17.1. The van der Waals surface area contributed by atoms with Gasteiger partial charge in [0.25, 0.3) is 0 Å². The van der Waals surface area contributed by atoms with Gasteiger partial charge in [-0.15, -0.1) is 13.2 Å². The fourth-order valence-electron chi connectivity index (χ4n) is 3.28. The van der Waals surface area contributed by atoms with E-state index in [0.29, 0.717) is 0 Å². The van der Waals surface area contributed by atoms with Crippen molar-refractivity contribution >= 4 is 11.7 Å². The molecule has 0 saturated heterocycles. The molecule has 3 aromatic carbocycles. The molecule has 0 aliphatic rings. The number of allylic oxidation sites excluding steroid dienone is 2. The molecule has 30 heavy (non-hydrogen) atoms. The number of halogens is 2. The van der Waals surface area contributed by atoms with Gasteiger partial charge in [0.1, 0.15) is 0 Å². The van der Waals surface area contributed by atoms with Gasteiger partial charge in [-0.1, -0.05) is 84.9 Å². The van der Waals surface area contributed by atoms with Crippen molar-refractivity contribution in [3.05, 3.63) is 120 Å². The molecule has 0 heterocycles. The van der Waals surface area contributed by atoms with Crippen LogP contribution >= 0.6 is 0 Å². The summed E-state index contributed by atoms with van der Waals surface area (Å²) in [5.41, 5.74) is 4.81. The van der Waals surface area contributed by atoms with Gasteiger partial charge in [-0.3, -0.25) is 0 Å². The smallest absolute Gasteiger partial charge is 0.166 e. The molecule has 0 amide bonds. The van der Waals surface area contributed by atoms with Gasteiger partial charge in [0.15, 0.2) is 11.7 Å². The zero-order chi connectivity index (χ0) is 21.3. The van der Waals surface area contributed by atoms with Crippen LogP contribution in [0.2, 0.25) is 0 Å². The van der Waals surface area contributed by atoms with Crippen LogP contribution in [0.1, 0.15) is 35.1 Å². The first-order chi connectivity index (χ1) is 14.6. The molecular formula is C28H26F2. The minimum Gasteiger partial charge on any atom is -0.203 e. The van der Waals surface area contributed by atoms with Gasteiger partial charge in [0, 0.05) is 11.1 Å². The Morgan fingerprint density at radius 3 is 1.30 bits per heavy atom. The van der Waals surface area contributed by atoms with E-state index in [1.54, 1.807) is 24.3 Å². The lowest BCUT2D eigenvalue weighted by molar-refractivity contribution is 0.700. The van der Waals surface area contributed by atoms with E-state index in [0.717, 1.165) is 42.4 Å². The minimum absolute atomic E-state index is 0.231. The molecule has 0 aliphatic carbocycles. The van der Waals surface area contributed by atoms with E-state index in [-0.39, 0.29) is 11.1 Å². The first-order valence-electron chi connectivity index (χ1n) is 10.2. The lowest BCUT2D eigenvalue weighted by atomic mass is 10.00. The number of rotatable bonds is 9. The van der Waals surface area contributed by atoms with Gasteiger partial charge >= 0.3 is 0 Å². The van der Waals surface area contributed by atoms with Gasteiger partial charge in [-0.2, -0.15) is 0 Å². The normalized spacial score (nSPS) is 11.7. The van der Waals surface area contributed by atoms with E-state index in [1.165, 1.54) is 5.56 Å². The summed E-state index contributed by atoms with van der Waals surface area (Å²) in [4.78, 5) is 0. The molecule has 0 radical (unpaired) electrons. The molecule has 0 N–H and O–H groups in total. The summed E-state index contributed by atoms with van der Waals surface area (Å²) < 4.78 is 29.4. The van der Waals surface area contributed by atoms with E-state index < -0.39 is 11.7 Å². The Labute approximate surface area is 177 Å². The van der Waals surface area contributed by atoms with Gasteiger partial charge < -0.3 is 0 Å². The third kappa shape index (κ3) is 5.42. The molecule has 3 rings (SSSR count). The summed E-state index contributed by atoms with van der Waals surface area (Å²) in [6.07, 6.45) is 7.36. The topological polar surface area (TPSA) is 0 Å². The van der Waals surface area contributed by atoms with Crippen LogP contribution < -0.4 is 0 Å². The summed E-state index contributed by atoms with van der Waals surface area (Å²) in [5, 5.41) is 0. The maximum Gasteiger partial charge on any atom is 0.166 e. The fraction of sp³-hybridized carbons (Fsp3) is 0.143. The average molecular weight is 401 g/mol. The van der Waals surface area contributed by atoms with E-state index in [1.807, 2.05) is 48.6 Å². The summed E-state index contributed by atoms with van der Waals surface area (Å²) >= 11 is 0. The molecule has 0 aromatic heterocycles. The summed E-state index contributed by atoms with van der Waals surface area (Å²) in [6, 6.07) is 22.0. The Kier molecular flexibility index (Phi) is 7.51. The molecule has 3 aromatic rings. The second kappa shape index (κ2) is 10.5. The Morgan fingerprint density at radius 2 is 0.900 bits per heavy atom. The maximum atomic E-state index is 14.7. The highest BCUT2D eigenvalue weighted by Crippen LogP contribution is 2.30. The molecule has 0 bridgehead atoms. The van der Waals surface area contributed by atoms with Crippen LogP contribution in [0.5, 0.6) is 0 Å². The molecule has 0 spiro atoms. The van der Waals surface area contributed by atoms with Gasteiger partial charge in [-0.25, -0.2) is 8.78 Å². The predicted octanol–water partition coefficient (Wildman–Crippen LogP) is 8.36. The van der Waals surface area contributed by atoms with Crippen LogP contribution in [0.3, 0.4) is 0 Å². The maximum absolute atomic E-state index is 14.7. The zero-order valence-corrected chi connectivity index (χ0v) is 17.1. The average Bonchev–Trinajstić information content (AvgIpc) is 2.81. The van der Waals surface area contributed by atoms with Crippen molar-refractivity contribution < 1.29 is 8.78 Å². The van der Waals surface area contributed by atoms with Crippen molar-refractivity contribution in [2.24, 2.45) is 0 Å². The molecule has 0 atom stereocenters. The lowest BCUT2D eigenvalue weighted by Gasteiger charge is -2.07. The number of hydrogen-bond acceptors (Lipinski definition) is 0. The Morgan fingerprint density at radius 1 is 0.567 bits per heavy atom. The Bertz CT molecular complexity index is 1010. The van der Waals surface area contributed by atoms with Crippen LogP contribution in [-0.2, 0) is 12.8 Å². The molecule has 0 fully saturated rings. The van der Waals surface area contributed by atoms with Crippen LogP contribution in [0, 0.1) is 0 Å². The second-order valence-corrected chi connectivity index (χ2v) is 7.25. The minimum atomic E-state index is -0.847. The van der Waals surface area contributed by atoms with Crippen molar-refractivity contribution in [3.8, 4) is 11.1 Å². The van der Waals surface area contributed by atoms with Crippen molar-refractivity contribution in [1.29, 1.82) is 0 Å². The van der Waals surface area contributed by atoms with Gasteiger partial charge in [0.05, 0.1) is 0 Å². The largest absolute Gasteiger partial charge is 0.203 e. The molecule has 152 valence electrons. The molecular weight excluding hydrogens is 374 g/mol. The SMILES string of the molecule is C=CCCc1ccc(/C(F)=C(\F)c2ccc(-c3ccc(CCC=C)cc3)cc2)cc1. The molecule has 2 heteroatoms. The Hall–Kier alpha value is -3.26. The van der Waals surface area contributed by atoms with Crippen molar-refractivity contribution in [2.75, 3.05) is 0 Å². The standard InChI is InChI=1S/C28H26F2/c1-3-5-7-21-9-13-23(14-10-21)24-17-19-26(20-18-24)28(30)27(29)25-15-11-22(12-16-25)8-6-4-2/h3-4,9-20H,1-2,5-8H2/b28-27+. The van der Waals surface area contributed by atoms with E-state index in [2.05, 4.69) is 25.3 Å². The highest BCUT2D eigenvalue weighted by molar-refractivity contribution is 5.83. The second-order valence-electron chi connectivity index (χ2n) is 7.25. The van der Waals surface area contributed by atoms with Gasteiger partial charge in [-0.05, 0) is 47.9 Å². The Balaban J connectivity index is 1.75. The van der Waals surface area contributed by atoms with E-state index in [4.69, 9.17) is 0 Å². The molecule has 0 aliphatic heterocycles. The summed E-state index contributed by atoms with van der Waals surface area (Å²) in [5.74, 6) is -1.69. The third-order valence-electron chi connectivity index (χ3n) is 5.10. The predicted molar refractivity (Wildman–Crippen MR) is 124 cm³/mol. The highest BCUT2D eigenvalue weighted by Gasteiger charge is 2.12. The number of benzene rings is 3. The number of hydrogen-bond donors (Lipinski definition) is 0. The van der Waals surface area contributed by atoms with E-state index in [9.17, 15) is 8.78 Å². The first kappa shape index (κ1) is 21.4. The quantitative estimate of drug-likeness (QED) is 0.250. The van der Waals surface area contributed by atoms with Crippen LogP contribution in [0.25, 0.3) is 22.8 Å². The van der Waals surface area contributed by atoms with Crippen molar-refractivity contribution in [1.82, 2.24) is 0 Å². The fourth-order valence-corrected chi connectivity index (χ4v) is 3.28. The monoisotopic (exact) mass is 400 g/mol. The van der Waals surface area contributed by atoms with Crippen LogP contribution in [-0.4, -0.2) is 0 Å². The third-order valence-corrected chi connectivity index (χ3v) is 5.10. The first-order valence-corrected chi connectivity index (χ1v) is 10.2. The number of aryl methyl sites for hydroxylation is 2. The molecule has 0 saturated carbocycles. The summed E-state index contributed by atoms with van der Waals surface area (Å²) in [7, 11) is 0. The molecule has 0 nitrogen and oxygen atoms in total. The van der Waals surface area contributed by atoms with E-state index >= 15 is 0 Å². The van der Waals surface area contributed by atoms with Crippen molar-refractivity contribution in [2.45, 2.75) is 25.7 Å². The van der Waals surface area contributed by atoms with Crippen LogP contribution in [0.15, 0.2) is 98.1 Å². The summed E-state index contributed by atoms with van der Waals surface area (Å²) in [6.45, 7) is 7.44. The van der Waals surface area contributed by atoms with Gasteiger partial charge in [0.2, 0.25) is 0 Å². The lowest BCUT2D eigenvalue weighted by Crippen LogP contribution is -1.88. The highest BCUT2D eigenvalue weighted by atomic mass is 19.2. The van der Waals surface area contributed by atoms with Crippen molar-refractivity contribution in [3.63, 3.8) is 0 Å². The molecule has 0 unspecified atom stereocenters.